The van der Waals surface area contributed by atoms with Gasteiger partial charge in [-0.3, -0.25) is 4.79 Å². The van der Waals surface area contributed by atoms with Crippen molar-refractivity contribution in [1.82, 2.24) is 10.2 Å². The number of nitrogens with one attached hydrogen (secondary N) is 1. The zero-order chi connectivity index (χ0) is 9.68. The van der Waals surface area contributed by atoms with Gasteiger partial charge >= 0.3 is 0 Å². The van der Waals surface area contributed by atoms with Gasteiger partial charge in [0.25, 0.3) is 0 Å². The maximum atomic E-state index is 11.4. The molecule has 1 N–H and O–H groups in total. The van der Waals surface area contributed by atoms with Crippen molar-refractivity contribution in [2.45, 2.75) is 26.7 Å². The highest BCUT2D eigenvalue weighted by molar-refractivity contribution is 5.78. The molecule has 0 aromatic carbocycles. The van der Waals surface area contributed by atoms with E-state index in [1.54, 1.807) is 0 Å². The Kier molecular flexibility index (Phi) is 4.22. The molecule has 1 amide bonds. The Morgan fingerprint density at radius 1 is 1.62 bits per heavy atom. The third-order valence-corrected chi connectivity index (χ3v) is 2.50. The van der Waals surface area contributed by atoms with Crippen LogP contribution in [0.15, 0.2) is 0 Å². The molecule has 0 bridgehead atoms. The van der Waals surface area contributed by atoms with Crippen LogP contribution in [0.5, 0.6) is 0 Å². The van der Waals surface area contributed by atoms with Gasteiger partial charge in [0.1, 0.15) is 0 Å². The van der Waals surface area contributed by atoms with E-state index in [1.165, 1.54) is 12.8 Å². The van der Waals surface area contributed by atoms with Gasteiger partial charge in [0.05, 0.1) is 6.54 Å². The second kappa shape index (κ2) is 5.22. The fourth-order valence-corrected chi connectivity index (χ4v) is 1.80. The van der Waals surface area contributed by atoms with Crippen LogP contribution in [-0.2, 0) is 4.79 Å². The highest BCUT2D eigenvalue weighted by atomic mass is 16.2. The third-order valence-electron chi connectivity index (χ3n) is 2.50. The molecule has 1 fully saturated rings. The molecule has 0 aromatic rings. The molecule has 1 saturated heterocycles. The summed E-state index contributed by atoms with van der Waals surface area (Å²) in [6, 6.07) is 0. The van der Waals surface area contributed by atoms with E-state index < -0.39 is 0 Å². The Labute approximate surface area is 80.5 Å². The summed E-state index contributed by atoms with van der Waals surface area (Å²) >= 11 is 0. The molecule has 1 heterocycles. The van der Waals surface area contributed by atoms with Gasteiger partial charge < -0.3 is 10.2 Å². The predicted molar refractivity (Wildman–Crippen MR) is 53.5 cm³/mol. The largest absolute Gasteiger partial charge is 0.340 e. The van der Waals surface area contributed by atoms with Crippen molar-refractivity contribution in [2.75, 3.05) is 26.2 Å². The van der Waals surface area contributed by atoms with E-state index in [0.29, 0.717) is 12.5 Å². The molecule has 1 unspecified atom stereocenters. The van der Waals surface area contributed by atoms with E-state index >= 15 is 0 Å². The Morgan fingerprint density at radius 3 is 3.00 bits per heavy atom. The lowest BCUT2D eigenvalue weighted by molar-refractivity contribution is -0.132. The van der Waals surface area contributed by atoms with E-state index in [-0.39, 0.29) is 5.91 Å². The van der Waals surface area contributed by atoms with Crippen molar-refractivity contribution in [3.8, 4) is 0 Å². The molecular weight excluding hydrogens is 164 g/mol. The molecule has 0 aliphatic carbocycles. The van der Waals surface area contributed by atoms with Crippen LogP contribution in [0.25, 0.3) is 0 Å². The molecule has 1 aliphatic heterocycles. The number of rotatable bonds is 4. The quantitative estimate of drug-likeness (QED) is 0.702. The molecule has 3 nitrogen and oxygen atoms in total. The van der Waals surface area contributed by atoms with Crippen LogP contribution in [-0.4, -0.2) is 37.0 Å². The first-order chi connectivity index (χ1) is 6.24. The standard InChI is InChI=1S/C10H20N2O/c1-3-4-9(2)8-12-6-5-11-7-10(12)13/h9,11H,3-8H2,1-2H3. The van der Waals surface area contributed by atoms with Crippen LogP contribution in [0, 0.1) is 5.92 Å². The first-order valence-corrected chi connectivity index (χ1v) is 5.22. The Balaban J connectivity index is 2.29. The minimum absolute atomic E-state index is 0.259. The number of nitrogens with zero attached hydrogens (tertiary/aromatic N) is 1. The smallest absolute Gasteiger partial charge is 0.236 e. The van der Waals surface area contributed by atoms with Gasteiger partial charge in [0, 0.05) is 19.6 Å². The zero-order valence-corrected chi connectivity index (χ0v) is 8.68. The summed E-state index contributed by atoms with van der Waals surface area (Å²) in [7, 11) is 0. The van der Waals surface area contributed by atoms with Gasteiger partial charge in [-0.15, -0.1) is 0 Å². The van der Waals surface area contributed by atoms with Crippen LogP contribution in [0.3, 0.4) is 0 Å². The van der Waals surface area contributed by atoms with Crippen LogP contribution in [0.2, 0.25) is 0 Å². The number of amides is 1. The fourth-order valence-electron chi connectivity index (χ4n) is 1.80. The second-order valence-electron chi connectivity index (χ2n) is 3.91. The van der Waals surface area contributed by atoms with Crippen molar-refractivity contribution in [2.24, 2.45) is 5.92 Å². The molecule has 1 atom stereocenters. The van der Waals surface area contributed by atoms with Crippen molar-refractivity contribution >= 4 is 5.91 Å². The van der Waals surface area contributed by atoms with Crippen molar-refractivity contribution in [3.05, 3.63) is 0 Å². The van der Waals surface area contributed by atoms with E-state index in [4.69, 9.17) is 0 Å². The van der Waals surface area contributed by atoms with Gasteiger partial charge in [-0.1, -0.05) is 20.3 Å². The highest BCUT2D eigenvalue weighted by Gasteiger charge is 2.18. The Hall–Kier alpha value is -0.570. The highest BCUT2D eigenvalue weighted by Crippen LogP contribution is 2.08. The predicted octanol–water partition coefficient (Wildman–Crippen LogP) is 0.854. The Morgan fingerprint density at radius 2 is 2.38 bits per heavy atom. The molecule has 76 valence electrons. The van der Waals surface area contributed by atoms with Crippen molar-refractivity contribution < 1.29 is 4.79 Å². The fraction of sp³-hybridized carbons (Fsp3) is 0.900. The molecule has 1 rings (SSSR count). The Bertz CT molecular complexity index is 170. The molecule has 1 aliphatic rings. The summed E-state index contributed by atoms with van der Waals surface area (Å²) in [6.45, 7) is 7.71. The van der Waals surface area contributed by atoms with Crippen LogP contribution in [0.4, 0.5) is 0 Å². The summed E-state index contributed by atoms with van der Waals surface area (Å²) < 4.78 is 0. The first-order valence-electron chi connectivity index (χ1n) is 5.22. The summed E-state index contributed by atoms with van der Waals surface area (Å²) in [5.41, 5.74) is 0. The SMILES string of the molecule is CCCC(C)CN1CCNCC1=O. The van der Waals surface area contributed by atoms with Gasteiger partial charge in [0.15, 0.2) is 0 Å². The number of carbonyl (C=O) groups excluding carboxylic acids is 1. The number of hydrogen-bond acceptors (Lipinski definition) is 2. The first kappa shape index (κ1) is 10.5. The minimum atomic E-state index is 0.259. The van der Waals surface area contributed by atoms with E-state index in [9.17, 15) is 4.79 Å². The minimum Gasteiger partial charge on any atom is -0.340 e. The molecule has 0 radical (unpaired) electrons. The molecular formula is C10H20N2O. The second-order valence-corrected chi connectivity index (χ2v) is 3.91. The molecule has 13 heavy (non-hydrogen) atoms. The lowest BCUT2D eigenvalue weighted by Gasteiger charge is -2.29. The van der Waals surface area contributed by atoms with E-state index in [0.717, 1.165) is 19.6 Å². The molecule has 0 spiro atoms. The van der Waals surface area contributed by atoms with E-state index in [1.807, 2.05) is 4.90 Å². The lowest BCUT2D eigenvalue weighted by Crippen LogP contribution is -2.49. The molecule has 0 aromatic heterocycles. The summed E-state index contributed by atoms with van der Waals surface area (Å²) in [5, 5.41) is 3.08. The van der Waals surface area contributed by atoms with Crippen LogP contribution < -0.4 is 5.32 Å². The van der Waals surface area contributed by atoms with Gasteiger partial charge in [-0.05, 0) is 12.3 Å². The van der Waals surface area contributed by atoms with Crippen LogP contribution in [0.1, 0.15) is 26.7 Å². The molecule has 3 heteroatoms. The molecule has 0 saturated carbocycles. The van der Waals surface area contributed by atoms with Crippen molar-refractivity contribution in [1.29, 1.82) is 0 Å². The average molecular weight is 184 g/mol. The third kappa shape index (κ3) is 3.35. The normalized spacial score (nSPS) is 20.5. The van der Waals surface area contributed by atoms with Gasteiger partial charge in [-0.25, -0.2) is 0 Å². The van der Waals surface area contributed by atoms with Crippen molar-refractivity contribution in [3.63, 3.8) is 0 Å². The average Bonchev–Trinajstić information content (AvgIpc) is 2.09. The summed E-state index contributed by atoms with van der Waals surface area (Å²) in [5.74, 6) is 0.904. The maximum absolute atomic E-state index is 11.4. The zero-order valence-electron chi connectivity index (χ0n) is 8.68. The van der Waals surface area contributed by atoms with Crippen LogP contribution >= 0.6 is 0 Å². The monoisotopic (exact) mass is 184 g/mol. The number of carbonyl (C=O) groups is 1. The summed E-state index contributed by atoms with van der Waals surface area (Å²) in [4.78, 5) is 13.4. The number of piperazine rings is 1. The van der Waals surface area contributed by atoms with E-state index in [2.05, 4.69) is 19.2 Å². The van der Waals surface area contributed by atoms with Gasteiger partial charge in [0.2, 0.25) is 5.91 Å². The topological polar surface area (TPSA) is 32.3 Å². The van der Waals surface area contributed by atoms with Gasteiger partial charge in [-0.2, -0.15) is 0 Å². The lowest BCUT2D eigenvalue weighted by atomic mass is 10.1. The maximum Gasteiger partial charge on any atom is 0.236 e. The number of hydrogen-bond donors (Lipinski definition) is 1. The summed E-state index contributed by atoms with van der Waals surface area (Å²) in [6.07, 6.45) is 2.43.